The number of carbonyl (C=O) groups is 2. The molecule has 2 N–H and O–H groups in total. The predicted molar refractivity (Wildman–Crippen MR) is 109 cm³/mol. The highest BCUT2D eigenvalue weighted by Crippen LogP contribution is 2.37. The number of carbonyl (C=O) groups excluding carboxylic acids is 1. The Morgan fingerprint density at radius 3 is 2.72 bits per heavy atom. The molecule has 0 spiro atoms. The number of hydrogen-bond donors (Lipinski definition) is 2. The van der Waals surface area contributed by atoms with E-state index in [1.165, 1.54) is 6.07 Å². The Morgan fingerprint density at radius 1 is 1.21 bits per heavy atom. The normalized spacial score (nSPS) is 10.8. The third-order valence-electron chi connectivity index (χ3n) is 4.34. The van der Waals surface area contributed by atoms with E-state index in [-0.39, 0.29) is 22.1 Å². The molecule has 0 fully saturated rings. The third kappa shape index (κ3) is 3.39. The third-order valence-corrected chi connectivity index (χ3v) is 5.23. The number of aromatic nitrogens is 1. The van der Waals surface area contributed by atoms with Crippen LogP contribution in [-0.4, -0.2) is 22.0 Å². The maximum absolute atomic E-state index is 12.5. The number of nitroso groups, excluding NO2 is 1. The highest BCUT2D eigenvalue weighted by atomic mass is 32.1. The van der Waals surface area contributed by atoms with Crippen LogP contribution < -0.4 is 5.32 Å². The van der Waals surface area contributed by atoms with Crippen LogP contribution in [-0.2, 0) is 0 Å². The van der Waals surface area contributed by atoms with Crippen LogP contribution in [0.15, 0.2) is 57.4 Å². The molecule has 4 aromatic rings. The van der Waals surface area contributed by atoms with Crippen LogP contribution in [0.3, 0.4) is 0 Å². The molecule has 0 atom stereocenters. The number of rotatable bonds is 5. The molecule has 144 valence electrons. The van der Waals surface area contributed by atoms with Gasteiger partial charge in [-0.1, -0.05) is 24.3 Å². The van der Waals surface area contributed by atoms with Crippen LogP contribution in [0, 0.1) is 11.8 Å². The number of amides is 1. The minimum absolute atomic E-state index is 0.0832. The fraction of sp³-hybridized carbons (Fsp3) is 0.0500. The lowest BCUT2D eigenvalue weighted by Crippen LogP contribution is -2.13. The molecule has 0 aliphatic heterocycles. The molecule has 0 radical (unpaired) electrons. The maximum atomic E-state index is 12.5. The van der Waals surface area contributed by atoms with Crippen molar-refractivity contribution < 1.29 is 19.1 Å². The monoisotopic (exact) mass is 407 g/mol. The number of oxazole rings is 1. The van der Waals surface area contributed by atoms with Crippen molar-refractivity contribution >= 4 is 45.0 Å². The molecular formula is C20H13N3O5S. The average Bonchev–Trinajstić information content (AvgIpc) is 3.32. The molecule has 2 aromatic carbocycles. The molecular weight excluding hydrogens is 394 g/mol. The zero-order valence-electron chi connectivity index (χ0n) is 15.0. The van der Waals surface area contributed by atoms with Crippen molar-refractivity contribution in [2.45, 2.75) is 6.92 Å². The Hall–Kier alpha value is -3.85. The lowest BCUT2D eigenvalue weighted by Gasteiger charge is -2.06. The Kier molecular flexibility index (Phi) is 4.65. The number of aryl methyl sites for hydroxylation is 1. The number of nitrogens with one attached hydrogen (secondary N) is 1. The summed E-state index contributed by atoms with van der Waals surface area (Å²) in [4.78, 5) is 39.5. The van der Waals surface area contributed by atoms with E-state index >= 15 is 0 Å². The lowest BCUT2D eigenvalue weighted by molar-refractivity contribution is 0.0699. The minimum Gasteiger partial charge on any atom is -0.478 e. The van der Waals surface area contributed by atoms with E-state index in [4.69, 9.17) is 4.42 Å². The van der Waals surface area contributed by atoms with E-state index < -0.39 is 11.9 Å². The Balaban J connectivity index is 1.70. The highest BCUT2D eigenvalue weighted by molar-refractivity contribution is 7.15. The fourth-order valence-corrected chi connectivity index (χ4v) is 3.83. The fourth-order valence-electron chi connectivity index (χ4n) is 2.88. The van der Waals surface area contributed by atoms with Crippen molar-refractivity contribution in [3.8, 4) is 11.1 Å². The van der Waals surface area contributed by atoms with Crippen molar-refractivity contribution in [2.24, 2.45) is 5.18 Å². The van der Waals surface area contributed by atoms with E-state index in [0.717, 1.165) is 11.3 Å². The van der Waals surface area contributed by atoms with Crippen molar-refractivity contribution in [3.63, 3.8) is 0 Å². The van der Waals surface area contributed by atoms with Crippen LogP contribution >= 0.6 is 11.3 Å². The molecule has 9 heteroatoms. The number of anilines is 1. The summed E-state index contributed by atoms with van der Waals surface area (Å²) in [6, 6.07) is 11.8. The Labute approximate surface area is 167 Å². The number of fused-ring (bicyclic) bond motifs is 1. The molecule has 1 amide bonds. The van der Waals surface area contributed by atoms with Gasteiger partial charge >= 0.3 is 11.9 Å². The molecule has 2 heterocycles. The molecule has 0 aliphatic rings. The van der Waals surface area contributed by atoms with Crippen LogP contribution in [0.25, 0.3) is 22.2 Å². The number of carboxylic acid groups (broad SMARTS) is 1. The second-order valence-corrected chi connectivity index (χ2v) is 7.07. The topological polar surface area (TPSA) is 122 Å². The van der Waals surface area contributed by atoms with Crippen LogP contribution in [0.4, 0.5) is 10.7 Å². The number of aromatic carboxylic acids is 1. The van der Waals surface area contributed by atoms with Crippen molar-refractivity contribution in [3.05, 3.63) is 69.8 Å². The first-order chi connectivity index (χ1) is 14.0. The first-order valence-electron chi connectivity index (χ1n) is 8.44. The summed E-state index contributed by atoms with van der Waals surface area (Å²) in [6.07, 6.45) is 0. The van der Waals surface area contributed by atoms with Crippen molar-refractivity contribution in [1.29, 1.82) is 0 Å². The van der Waals surface area contributed by atoms with Gasteiger partial charge in [-0.15, -0.1) is 16.2 Å². The Morgan fingerprint density at radius 2 is 2.00 bits per heavy atom. The molecule has 29 heavy (non-hydrogen) atoms. The maximum Gasteiger partial charge on any atom is 0.339 e. The summed E-state index contributed by atoms with van der Waals surface area (Å²) in [6.45, 7) is 1.73. The summed E-state index contributed by atoms with van der Waals surface area (Å²) in [7, 11) is 0. The standard InChI is InChI=1S/C20H13N3O5S/c1-10-6-7-11(8-14(10)23-27)12-9-29-19(16(12)20(25)26)22-17(24)18-21-13-4-2-3-5-15(13)28-18/h2-9H,1H3,(H,22,24)(H,25,26). The van der Waals surface area contributed by atoms with Gasteiger partial charge in [0.2, 0.25) is 0 Å². The molecule has 2 aromatic heterocycles. The number of benzene rings is 2. The van der Waals surface area contributed by atoms with Crippen LogP contribution in [0.5, 0.6) is 0 Å². The van der Waals surface area contributed by atoms with Gasteiger partial charge in [-0.3, -0.25) is 4.79 Å². The Bertz CT molecular complexity index is 1240. The van der Waals surface area contributed by atoms with E-state index in [1.807, 2.05) is 0 Å². The van der Waals surface area contributed by atoms with Gasteiger partial charge in [0.15, 0.2) is 5.58 Å². The van der Waals surface area contributed by atoms with Gasteiger partial charge in [-0.25, -0.2) is 9.78 Å². The zero-order valence-corrected chi connectivity index (χ0v) is 15.8. The first kappa shape index (κ1) is 18.5. The number of nitrogens with zero attached hydrogens (tertiary/aromatic N) is 2. The van der Waals surface area contributed by atoms with E-state index in [2.05, 4.69) is 15.5 Å². The average molecular weight is 407 g/mol. The highest BCUT2D eigenvalue weighted by Gasteiger charge is 2.23. The molecule has 0 saturated carbocycles. The van der Waals surface area contributed by atoms with Crippen molar-refractivity contribution in [2.75, 3.05) is 5.32 Å². The molecule has 0 unspecified atom stereocenters. The summed E-state index contributed by atoms with van der Waals surface area (Å²) in [5, 5.41) is 17.0. The smallest absolute Gasteiger partial charge is 0.339 e. The second kappa shape index (κ2) is 7.28. The van der Waals surface area contributed by atoms with Gasteiger partial charge in [0.05, 0.1) is 0 Å². The molecule has 0 saturated heterocycles. The van der Waals surface area contributed by atoms with E-state index in [0.29, 0.717) is 27.8 Å². The molecule has 0 bridgehead atoms. The van der Waals surface area contributed by atoms with Crippen molar-refractivity contribution in [1.82, 2.24) is 4.98 Å². The summed E-state index contributed by atoms with van der Waals surface area (Å²) >= 11 is 1.06. The molecule has 8 nitrogen and oxygen atoms in total. The largest absolute Gasteiger partial charge is 0.478 e. The van der Waals surface area contributed by atoms with Gasteiger partial charge in [-0.05, 0) is 41.4 Å². The number of para-hydroxylation sites is 2. The van der Waals surface area contributed by atoms with Crippen LogP contribution in [0.2, 0.25) is 0 Å². The lowest BCUT2D eigenvalue weighted by atomic mass is 10.0. The van der Waals surface area contributed by atoms with Gasteiger partial charge < -0.3 is 14.8 Å². The van der Waals surface area contributed by atoms with Gasteiger partial charge in [0.25, 0.3) is 5.89 Å². The number of thiophene rings is 1. The summed E-state index contributed by atoms with van der Waals surface area (Å²) in [5.74, 6) is -2.04. The quantitative estimate of drug-likeness (QED) is 0.438. The minimum atomic E-state index is -1.21. The molecule has 0 aliphatic carbocycles. The number of carboxylic acids is 1. The zero-order chi connectivity index (χ0) is 20.5. The van der Waals surface area contributed by atoms with Gasteiger partial charge in [0, 0.05) is 10.9 Å². The predicted octanol–water partition coefficient (Wildman–Crippen LogP) is 5.21. The van der Waals surface area contributed by atoms with Crippen LogP contribution in [0.1, 0.15) is 26.6 Å². The SMILES string of the molecule is Cc1ccc(-c2csc(NC(=O)c3nc4ccccc4o3)c2C(=O)O)cc1N=O. The number of hydrogen-bond acceptors (Lipinski definition) is 7. The van der Waals surface area contributed by atoms with E-state index in [1.54, 1.807) is 48.7 Å². The first-order valence-corrected chi connectivity index (χ1v) is 9.32. The summed E-state index contributed by atoms with van der Waals surface area (Å²) < 4.78 is 5.42. The second-order valence-electron chi connectivity index (χ2n) is 6.19. The van der Waals surface area contributed by atoms with Gasteiger partial charge in [0.1, 0.15) is 21.8 Å². The van der Waals surface area contributed by atoms with E-state index in [9.17, 15) is 19.6 Å². The van der Waals surface area contributed by atoms with Gasteiger partial charge in [-0.2, -0.15) is 0 Å². The summed E-state index contributed by atoms with van der Waals surface area (Å²) in [5.41, 5.74) is 2.69. The molecule has 4 rings (SSSR count).